The summed E-state index contributed by atoms with van der Waals surface area (Å²) in [4.78, 5) is 0. The molecule has 1 fully saturated rings. The van der Waals surface area contributed by atoms with E-state index < -0.39 is 0 Å². The van der Waals surface area contributed by atoms with Crippen LogP contribution >= 0.6 is 11.6 Å². The lowest BCUT2D eigenvalue weighted by atomic mass is 9.94. The van der Waals surface area contributed by atoms with E-state index in [9.17, 15) is 0 Å². The quantitative estimate of drug-likeness (QED) is 0.830. The Morgan fingerprint density at radius 2 is 1.94 bits per heavy atom. The van der Waals surface area contributed by atoms with Crippen molar-refractivity contribution in [2.45, 2.75) is 50.5 Å². The van der Waals surface area contributed by atoms with Gasteiger partial charge in [0.25, 0.3) is 0 Å². The van der Waals surface area contributed by atoms with Crippen molar-refractivity contribution >= 4 is 11.6 Å². The van der Waals surface area contributed by atoms with Crippen LogP contribution in [0.3, 0.4) is 0 Å². The second kappa shape index (κ2) is 4.43. The fraction of sp³-hybridized carbons (Fsp3) is 0.600. The van der Waals surface area contributed by atoms with Crippen molar-refractivity contribution in [2.24, 2.45) is 5.73 Å². The van der Waals surface area contributed by atoms with Crippen molar-refractivity contribution in [1.29, 1.82) is 0 Å². The van der Waals surface area contributed by atoms with Gasteiger partial charge in [-0.1, -0.05) is 18.0 Å². The standard InChI is InChI=1S/C15H20ClNO/c1-18-14-12(15(17)7-8-15)9-10-5-3-2-4-6-11(10)13(14)16/h9H,2-8,17H2,1H3. The molecule has 1 aromatic carbocycles. The molecule has 0 saturated heterocycles. The number of halogens is 1. The highest BCUT2D eigenvalue weighted by atomic mass is 35.5. The van der Waals surface area contributed by atoms with Crippen LogP contribution in [0.4, 0.5) is 0 Å². The van der Waals surface area contributed by atoms with Crippen molar-refractivity contribution in [3.05, 3.63) is 27.8 Å². The van der Waals surface area contributed by atoms with Gasteiger partial charge >= 0.3 is 0 Å². The Balaban J connectivity index is 2.15. The molecule has 3 rings (SSSR count). The van der Waals surface area contributed by atoms with E-state index in [0.717, 1.165) is 42.0 Å². The van der Waals surface area contributed by atoms with Crippen molar-refractivity contribution in [1.82, 2.24) is 0 Å². The highest BCUT2D eigenvalue weighted by molar-refractivity contribution is 6.33. The summed E-state index contributed by atoms with van der Waals surface area (Å²) in [5, 5.41) is 0.809. The highest BCUT2D eigenvalue weighted by Crippen LogP contribution is 2.50. The highest BCUT2D eigenvalue weighted by Gasteiger charge is 2.43. The van der Waals surface area contributed by atoms with E-state index in [2.05, 4.69) is 6.07 Å². The summed E-state index contributed by atoms with van der Waals surface area (Å²) in [6.45, 7) is 0. The zero-order valence-electron chi connectivity index (χ0n) is 10.9. The number of hydrogen-bond acceptors (Lipinski definition) is 2. The second-order valence-corrected chi connectivity index (χ2v) is 6.00. The first-order chi connectivity index (χ1) is 8.65. The third-order valence-electron chi connectivity index (χ3n) is 4.32. The monoisotopic (exact) mass is 265 g/mol. The molecule has 0 atom stereocenters. The third-order valence-corrected chi connectivity index (χ3v) is 4.72. The summed E-state index contributed by atoms with van der Waals surface area (Å²) < 4.78 is 5.54. The molecule has 0 amide bonds. The molecule has 2 nitrogen and oxygen atoms in total. The van der Waals surface area contributed by atoms with Crippen molar-refractivity contribution < 1.29 is 4.74 Å². The minimum atomic E-state index is -0.184. The summed E-state index contributed by atoms with van der Waals surface area (Å²) >= 11 is 6.56. The largest absolute Gasteiger partial charge is 0.495 e. The first kappa shape index (κ1) is 12.3. The number of hydrogen-bond donors (Lipinski definition) is 1. The number of nitrogens with two attached hydrogens (primary N) is 1. The van der Waals surface area contributed by atoms with Gasteiger partial charge in [0.1, 0.15) is 5.75 Å². The Hall–Kier alpha value is -0.730. The lowest BCUT2D eigenvalue weighted by molar-refractivity contribution is 0.404. The normalized spacial score (nSPS) is 21.1. The first-order valence-electron chi connectivity index (χ1n) is 6.83. The number of rotatable bonds is 2. The van der Waals surface area contributed by atoms with Gasteiger partial charge in [-0.05, 0) is 55.7 Å². The molecule has 1 saturated carbocycles. The second-order valence-electron chi connectivity index (χ2n) is 5.63. The summed E-state index contributed by atoms with van der Waals surface area (Å²) in [6, 6.07) is 2.26. The van der Waals surface area contributed by atoms with Crippen LogP contribution in [0.5, 0.6) is 5.75 Å². The van der Waals surface area contributed by atoms with E-state index in [0.29, 0.717) is 0 Å². The van der Waals surface area contributed by atoms with Gasteiger partial charge in [-0.3, -0.25) is 0 Å². The molecule has 2 aliphatic rings. The maximum atomic E-state index is 6.56. The topological polar surface area (TPSA) is 35.2 Å². The van der Waals surface area contributed by atoms with E-state index in [4.69, 9.17) is 22.1 Å². The molecule has 0 bridgehead atoms. The molecular formula is C15H20ClNO. The van der Waals surface area contributed by atoms with Crippen LogP contribution in [0.25, 0.3) is 0 Å². The summed E-state index contributed by atoms with van der Waals surface area (Å²) in [7, 11) is 1.69. The molecule has 2 N–H and O–H groups in total. The maximum absolute atomic E-state index is 6.56. The number of methoxy groups -OCH3 is 1. The Morgan fingerprint density at radius 1 is 1.22 bits per heavy atom. The van der Waals surface area contributed by atoms with Crippen molar-refractivity contribution in [3.8, 4) is 5.75 Å². The Bertz CT molecular complexity index is 480. The number of fused-ring (bicyclic) bond motifs is 1. The van der Waals surface area contributed by atoms with Crippen LogP contribution in [0.2, 0.25) is 5.02 Å². The zero-order valence-corrected chi connectivity index (χ0v) is 11.6. The average Bonchev–Trinajstić information content (AvgIpc) is 3.13. The van der Waals surface area contributed by atoms with Crippen LogP contribution in [-0.2, 0) is 18.4 Å². The van der Waals surface area contributed by atoms with E-state index in [1.54, 1.807) is 7.11 Å². The smallest absolute Gasteiger partial charge is 0.142 e. The van der Waals surface area contributed by atoms with Gasteiger partial charge < -0.3 is 10.5 Å². The fourth-order valence-corrected chi connectivity index (χ4v) is 3.38. The minimum Gasteiger partial charge on any atom is -0.495 e. The Labute approximate surface area is 113 Å². The number of ether oxygens (including phenoxy) is 1. The van der Waals surface area contributed by atoms with Gasteiger partial charge in [0, 0.05) is 11.1 Å². The van der Waals surface area contributed by atoms with Gasteiger partial charge in [0.15, 0.2) is 0 Å². The van der Waals surface area contributed by atoms with Gasteiger partial charge in [-0.15, -0.1) is 0 Å². The van der Waals surface area contributed by atoms with E-state index in [-0.39, 0.29) is 5.54 Å². The fourth-order valence-electron chi connectivity index (χ4n) is 2.98. The molecule has 1 aromatic rings. The molecule has 3 heteroatoms. The van der Waals surface area contributed by atoms with Crippen LogP contribution < -0.4 is 10.5 Å². The molecule has 0 unspecified atom stereocenters. The van der Waals surface area contributed by atoms with E-state index in [1.807, 2.05) is 0 Å². The van der Waals surface area contributed by atoms with Gasteiger partial charge in [-0.2, -0.15) is 0 Å². The molecular weight excluding hydrogens is 246 g/mol. The lowest BCUT2D eigenvalue weighted by Crippen LogP contribution is -2.20. The van der Waals surface area contributed by atoms with Crippen molar-refractivity contribution in [3.63, 3.8) is 0 Å². The Kier molecular flexibility index (Phi) is 3.03. The number of aryl methyl sites for hydroxylation is 1. The molecule has 18 heavy (non-hydrogen) atoms. The molecule has 2 aliphatic carbocycles. The SMILES string of the molecule is COc1c(C2(N)CC2)cc2c(c1Cl)CCCCC2. The molecule has 0 spiro atoms. The average molecular weight is 266 g/mol. The summed E-state index contributed by atoms with van der Waals surface area (Å²) in [6.07, 6.45) is 8.05. The molecule has 0 aromatic heterocycles. The van der Waals surface area contributed by atoms with Crippen molar-refractivity contribution in [2.75, 3.05) is 7.11 Å². The van der Waals surface area contributed by atoms with Crippen LogP contribution in [-0.4, -0.2) is 7.11 Å². The van der Waals surface area contributed by atoms with Gasteiger partial charge in [0.05, 0.1) is 12.1 Å². The molecule has 0 aliphatic heterocycles. The number of benzene rings is 1. The third kappa shape index (κ3) is 1.92. The molecule has 0 heterocycles. The zero-order chi connectivity index (χ0) is 12.8. The minimum absolute atomic E-state index is 0.184. The van der Waals surface area contributed by atoms with Crippen LogP contribution in [0, 0.1) is 0 Å². The van der Waals surface area contributed by atoms with E-state index >= 15 is 0 Å². The predicted octanol–water partition coefficient (Wildman–Crippen LogP) is 3.57. The maximum Gasteiger partial charge on any atom is 0.142 e. The summed E-state index contributed by atoms with van der Waals surface area (Å²) in [5.74, 6) is 0.817. The van der Waals surface area contributed by atoms with Gasteiger partial charge in [-0.25, -0.2) is 0 Å². The Morgan fingerprint density at radius 3 is 2.61 bits per heavy atom. The van der Waals surface area contributed by atoms with Crippen LogP contribution in [0.15, 0.2) is 6.07 Å². The first-order valence-corrected chi connectivity index (χ1v) is 7.21. The van der Waals surface area contributed by atoms with Gasteiger partial charge in [0.2, 0.25) is 0 Å². The lowest BCUT2D eigenvalue weighted by Gasteiger charge is -2.20. The summed E-state index contributed by atoms with van der Waals surface area (Å²) in [5.41, 5.74) is 9.97. The molecule has 98 valence electrons. The van der Waals surface area contributed by atoms with E-state index in [1.165, 1.54) is 30.4 Å². The predicted molar refractivity (Wildman–Crippen MR) is 74.4 cm³/mol. The molecule has 0 radical (unpaired) electrons. The van der Waals surface area contributed by atoms with Crippen LogP contribution in [0.1, 0.15) is 48.8 Å².